The van der Waals surface area contributed by atoms with E-state index < -0.39 is 0 Å². The van der Waals surface area contributed by atoms with E-state index in [9.17, 15) is 0 Å². The van der Waals surface area contributed by atoms with Crippen molar-refractivity contribution in [3.63, 3.8) is 0 Å². The molecule has 5 heteroatoms. The lowest BCUT2D eigenvalue weighted by Gasteiger charge is -2.20. The van der Waals surface area contributed by atoms with Crippen molar-refractivity contribution in [1.82, 2.24) is 25.5 Å². The van der Waals surface area contributed by atoms with E-state index >= 15 is 0 Å². The largest absolute Gasteiger partial charge is 0.307 e. The number of hydrogen-bond acceptors (Lipinski definition) is 4. The van der Waals surface area contributed by atoms with Crippen molar-refractivity contribution < 1.29 is 0 Å². The second kappa shape index (κ2) is 4.63. The second-order valence-corrected chi connectivity index (χ2v) is 4.29. The van der Waals surface area contributed by atoms with Gasteiger partial charge in [-0.25, -0.2) is 4.98 Å². The number of rotatable bonds is 2. The van der Waals surface area contributed by atoms with Gasteiger partial charge in [-0.05, 0) is 31.5 Å². The van der Waals surface area contributed by atoms with Gasteiger partial charge in [-0.3, -0.25) is 10.1 Å². The third kappa shape index (κ3) is 2.19. The number of piperidine rings is 1. The molecule has 0 bridgehead atoms. The number of nitrogens with zero attached hydrogens (tertiary/aromatic N) is 3. The summed E-state index contributed by atoms with van der Waals surface area (Å²) in [5.74, 6) is 1.66. The summed E-state index contributed by atoms with van der Waals surface area (Å²) in [7, 11) is 0. The van der Waals surface area contributed by atoms with Crippen molar-refractivity contribution >= 4 is 0 Å². The minimum absolute atomic E-state index is 0.321. The Balaban J connectivity index is 1.83. The molecule has 0 aromatic carbocycles. The third-order valence-electron chi connectivity index (χ3n) is 3.06. The van der Waals surface area contributed by atoms with Crippen LogP contribution in [0.2, 0.25) is 0 Å². The summed E-state index contributed by atoms with van der Waals surface area (Å²) >= 11 is 0. The summed E-state index contributed by atoms with van der Waals surface area (Å²) < 4.78 is 0. The lowest BCUT2D eigenvalue weighted by Crippen LogP contribution is -2.27. The highest BCUT2D eigenvalue weighted by Gasteiger charge is 2.18. The maximum Gasteiger partial charge on any atom is 0.182 e. The van der Waals surface area contributed by atoms with Crippen LogP contribution in [0.4, 0.5) is 0 Å². The molecule has 1 atom stereocenters. The summed E-state index contributed by atoms with van der Waals surface area (Å²) in [6, 6.07) is 4.18. The normalized spacial score (nSPS) is 20.4. The van der Waals surface area contributed by atoms with E-state index in [1.807, 2.05) is 12.1 Å². The molecule has 1 aliphatic heterocycles. The van der Waals surface area contributed by atoms with Crippen molar-refractivity contribution in [2.45, 2.75) is 25.3 Å². The Bertz CT molecular complexity index is 473. The first-order chi connectivity index (χ1) is 8.43. The first-order valence-corrected chi connectivity index (χ1v) is 5.99. The molecule has 0 aliphatic carbocycles. The van der Waals surface area contributed by atoms with Crippen molar-refractivity contribution in [1.29, 1.82) is 0 Å². The van der Waals surface area contributed by atoms with Crippen LogP contribution in [0.3, 0.4) is 0 Å². The molecule has 2 aromatic heterocycles. The number of pyridine rings is 1. The van der Waals surface area contributed by atoms with Crippen molar-refractivity contribution in [2.75, 3.05) is 6.54 Å². The fourth-order valence-corrected chi connectivity index (χ4v) is 2.14. The maximum absolute atomic E-state index is 4.54. The summed E-state index contributed by atoms with van der Waals surface area (Å²) in [5, 5.41) is 10.7. The van der Waals surface area contributed by atoms with Crippen LogP contribution < -0.4 is 5.32 Å². The van der Waals surface area contributed by atoms with Gasteiger partial charge in [0.2, 0.25) is 0 Å². The van der Waals surface area contributed by atoms with E-state index in [1.165, 1.54) is 12.8 Å². The van der Waals surface area contributed by atoms with Crippen LogP contribution in [-0.2, 0) is 0 Å². The van der Waals surface area contributed by atoms with Crippen LogP contribution in [0.1, 0.15) is 31.1 Å². The maximum atomic E-state index is 4.54. The number of nitrogens with one attached hydrogen (secondary N) is 2. The molecule has 5 nitrogen and oxygen atoms in total. The predicted octanol–water partition coefficient (Wildman–Crippen LogP) is 1.68. The summed E-state index contributed by atoms with van der Waals surface area (Å²) in [5.41, 5.74) is 0.950. The van der Waals surface area contributed by atoms with Gasteiger partial charge in [-0.15, -0.1) is 0 Å². The predicted molar refractivity (Wildman–Crippen MR) is 64.2 cm³/mol. The Morgan fingerprint density at radius 1 is 1.29 bits per heavy atom. The fourth-order valence-electron chi connectivity index (χ4n) is 2.14. The van der Waals surface area contributed by atoms with Gasteiger partial charge in [0.05, 0.1) is 6.04 Å². The average molecular weight is 229 g/mol. The molecule has 88 valence electrons. The fraction of sp³-hybridized carbons (Fsp3) is 0.417. The zero-order valence-corrected chi connectivity index (χ0v) is 9.56. The third-order valence-corrected chi connectivity index (χ3v) is 3.06. The zero-order chi connectivity index (χ0) is 11.5. The van der Waals surface area contributed by atoms with Gasteiger partial charge in [-0.1, -0.05) is 6.42 Å². The van der Waals surface area contributed by atoms with E-state index in [-0.39, 0.29) is 0 Å². The molecule has 2 N–H and O–H groups in total. The Kier molecular flexibility index (Phi) is 2.83. The van der Waals surface area contributed by atoms with Gasteiger partial charge in [0.1, 0.15) is 5.82 Å². The van der Waals surface area contributed by atoms with Gasteiger partial charge in [0, 0.05) is 18.0 Å². The average Bonchev–Trinajstić information content (AvgIpc) is 2.90. The van der Waals surface area contributed by atoms with E-state index in [1.54, 1.807) is 12.4 Å². The van der Waals surface area contributed by atoms with Gasteiger partial charge in [0.15, 0.2) is 5.82 Å². The second-order valence-electron chi connectivity index (χ2n) is 4.29. The van der Waals surface area contributed by atoms with E-state index in [0.29, 0.717) is 6.04 Å². The SMILES string of the molecule is c1cncc(-c2n[nH]c(C3CCCCN3)n2)c1. The minimum atomic E-state index is 0.321. The number of H-pyrrole nitrogens is 1. The summed E-state index contributed by atoms with van der Waals surface area (Å²) in [6.07, 6.45) is 7.16. The molecule has 0 radical (unpaired) electrons. The van der Waals surface area contributed by atoms with Crippen LogP contribution >= 0.6 is 0 Å². The van der Waals surface area contributed by atoms with Gasteiger partial charge >= 0.3 is 0 Å². The molecule has 1 unspecified atom stereocenters. The molecule has 0 amide bonds. The highest BCUT2D eigenvalue weighted by Crippen LogP contribution is 2.21. The van der Waals surface area contributed by atoms with Crippen LogP contribution in [0.5, 0.6) is 0 Å². The van der Waals surface area contributed by atoms with E-state index in [2.05, 4.69) is 25.5 Å². The van der Waals surface area contributed by atoms with Crippen molar-refractivity contribution in [3.8, 4) is 11.4 Å². The molecule has 17 heavy (non-hydrogen) atoms. The van der Waals surface area contributed by atoms with Crippen LogP contribution in [0.25, 0.3) is 11.4 Å². The molecular weight excluding hydrogens is 214 g/mol. The Morgan fingerprint density at radius 3 is 3.06 bits per heavy atom. The Labute approximate surface area is 99.7 Å². The van der Waals surface area contributed by atoms with Gasteiger partial charge < -0.3 is 5.32 Å². The quantitative estimate of drug-likeness (QED) is 0.822. The van der Waals surface area contributed by atoms with E-state index in [4.69, 9.17) is 0 Å². The van der Waals surface area contributed by atoms with Crippen molar-refractivity contribution in [2.24, 2.45) is 0 Å². The molecule has 3 heterocycles. The smallest absolute Gasteiger partial charge is 0.182 e. The minimum Gasteiger partial charge on any atom is -0.307 e. The van der Waals surface area contributed by atoms with Crippen LogP contribution in [0.15, 0.2) is 24.5 Å². The highest BCUT2D eigenvalue weighted by atomic mass is 15.2. The van der Waals surface area contributed by atoms with Gasteiger partial charge in [-0.2, -0.15) is 5.10 Å². The van der Waals surface area contributed by atoms with Gasteiger partial charge in [0.25, 0.3) is 0 Å². The Morgan fingerprint density at radius 2 is 2.29 bits per heavy atom. The first-order valence-electron chi connectivity index (χ1n) is 5.99. The summed E-state index contributed by atoms with van der Waals surface area (Å²) in [6.45, 7) is 1.06. The van der Waals surface area contributed by atoms with Crippen LogP contribution in [0, 0.1) is 0 Å². The summed E-state index contributed by atoms with van der Waals surface area (Å²) in [4.78, 5) is 8.61. The zero-order valence-electron chi connectivity index (χ0n) is 9.56. The molecule has 1 aliphatic rings. The molecule has 3 rings (SSSR count). The number of aromatic nitrogens is 4. The van der Waals surface area contributed by atoms with Crippen molar-refractivity contribution in [3.05, 3.63) is 30.4 Å². The molecule has 0 saturated carbocycles. The lowest BCUT2D eigenvalue weighted by atomic mass is 10.0. The Hall–Kier alpha value is -1.75. The standard InChI is InChI=1S/C12H15N5/c1-2-7-14-10(5-1)12-15-11(16-17-12)9-4-3-6-13-8-9/h3-4,6,8,10,14H,1-2,5,7H2,(H,15,16,17). The molecule has 0 spiro atoms. The molecule has 2 aromatic rings. The van der Waals surface area contributed by atoms with Crippen LogP contribution in [-0.4, -0.2) is 26.7 Å². The van der Waals surface area contributed by atoms with E-state index in [0.717, 1.165) is 30.2 Å². The first kappa shape index (κ1) is 10.4. The molecular formula is C12H15N5. The monoisotopic (exact) mass is 229 g/mol. The number of hydrogen-bond donors (Lipinski definition) is 2. The molecule has 1 fully saturated rings. The highest BCUT2D eigenvalue weighted by molar-refractivity contribution is 5.52. The molecule has 1 saturated heterocycles. The lowest BCUT2D eigenvalue weighted by molar-refractivity contribution is 0.398. The topological polar surface area (TPSA) is 66.5 Å². The number of aromatic amines is 1.